The number of carbonyl (C=O) groups is 1. The van der Waals surface area contributed by atoms with Crippen LogP contribution in [0.25, 0.3) is 11.0 Å². The number of anilines is 2. The molecular weight excluding hydrogens is 845 g/mol. The van der Waals surface area contributed by atoms with E-state index in [1.54, 1.807) is 44.2 Å². The number of hydrogen-bond acceptors (Lipinski definition) is 20. The van der Waals surface area contributed by atoms with Crippen LogP contribution >= 0.6 is 7.75 Å². The number of benzene rings is 1. The number of nitrogen functional groups attached to an aromatic ring is 2. The van der Waals surface area contributed by atoms with Crippen molar-refractivity contribution in [2.24, 2.45) is 0 Å². The van der Waals surface area contributed by atoms with E-state index in [0.29, 0.717) is 11.0 Å². The van der Waals surface area contributed by atoms with Crippen molar-refractivity contribution in [3.63, 3.8) is 0 Å². The maximum Gasteiger partial charge on any atom is 0.459 e. The predicted molar refractivity (Wildman–Crippen MR) is 221 cm³/mol. The third-order valence-corrected chi connectivity index (χ3v) is 12.2. The molecule has 23 nitrogen and oxygen atoms in total. The van der Waals surface area contributed by atoms with Gasteiger partial charge in [0.2, 0.25) is 11.2 Å². The standard InChI is InChI=1S/C25H31N6O8P.C13H15N5O4.CH4/c1-15(2)37-23(33)16(3)30-40(35,39-17-8-6-5-7-9-17)36-12-19-21(32)24(4,34)25(13-26,38-19)20-11-10-18-22(27)28-14-29-31(18)20;1-12(21)10(20)8(4-19)22-13(12,5-14)9-3-2-7-11(15)16-6-17-18(7)9;/h5-11,14-16,19,21,32,34H,12H2,1-4H3,(H,30,35)(H2,27,28,29);2-3,6,8,10,19-21H,4H2,1H3,(H2,15,16,17);1H4/t16-,19+,21+,24+,25-,40?;8-,10-,12-,13+;/m01./s1. The quantitative estimate of drug-likeness (QED) is 0.0635. The number of hydrogen-bond donors (Lipinski definition) is 8. The van der Waals surface area contributed by atoms with Crippen LogP contribution in [0.1, 0.15) is 53.4 Å². The number of esters is 1. The second-order valence-electron chi connectivity index (χ2n) is 15.1. The molecule has 1 unspecified atom stereocenters. The Bertz CT molecular complexity index is 2560. The lowest BCUT2D eigenvalue weighted by Gasteiger charge is -2.33. The van der Waals surface area contributed by atoms with E-state index in [-0.39, 0.29) is 36.2 Å². The van der Waals surface area contributed by atoms with E-state index in [2.05, 4.69) is 25.3 Å². The highest BCUT2D eigenvalue weighted by atomic mass is 31.2. The van der Waals surface area contributed by atoms with Gasteiger partial charge in [0.15, 0.2) is 11.6 Å². The van der Waals surface area contributed by atoms with Crippen LogP contribution < -0.4 is 21.1 Å². The van der Waals surface area contributed by atoms with Crippen LogP contribution in [0.5, 0.6) is 5.75 Å². The molecule has 0 spiro atoms. The monoisotopic (exact) mass is 895 g/mol. The number of aromatic nitrogens is 6. The Morgan fingerprint density at radius 1 is 0.873 bits per heavy atom. The molecule has 2 aliphatic rings. The van der Waals surface area contributed by atoms with E-state index in [9.17, 15) is 45.4 Å². The molecule has 0 amide bonds. The Hall–Kier alpha value is -5.82. The lowest BCUT2D eigenvalue weighted by atomic mass is 9.80. The molecule has 2 saturated heterocycles. The first-order valence-corrected chi connectivity index (χ1v) is 20.5. The van der Waals surface area contributed by atoms with Crippen molar-refractivity contribution in [2.45, 2.75) is 101 Å². The van der Waals surface area contributed by atoms with Gasteiger partial charge in [-0.05, 0) is 71.0 Å². The number of aliphatic hydroxyl groups excluding tert-OH is 3. The lowest BCUT2D eigenvalue weighted by Crippen LogP contribution is -2.52. The third kappa shape index (κ3) is 8.39. The third-order valence-electron chi connectivity index (χ3n) is 10.6. The molecule has 7 rings (SSSR count). The number of aliphatic hydroxyl groups is 5. The second kappa shape index (κ2) is 18.1. The molecule has 338 valence electrons. The van der Waals surface area contributed by atoms with Gasteiger partial charge in [-0.15, -0.1) is 0 Å². The zero-order valence-corrected chi connectivity index (χ0v) is 34.9. The number of fused-ring (bicyclic) bond motifs is 2. The molecule has 2 aliphatic heterocycles. The molecule has 4 aromatic heterocycles. The molecular formula is C39H50N11O12P. The average molecular weight is 896 g/mol. The molecule has 63 heavy (non-hydrogen) atoms. The van der Waals surface area contributed by atoms with Gasteiger partial charge in [-0.3, -0.25) is 9.32 Å². The number of rotatable bonds is 12. The van der Waals surface area contributed by atoms with Crippen LogP contribution in [-0.2, 0) is 39.3 Å². The molecule has 6 heterocycles. The minimum absolute atomic E-state index is 0. The lowest BCUT2D eigenvalue weighted by molar-refractivity contribution is -0.149. The van der Waals surface area contributed by atoms with Crippen LogP contribution in [0, 0.1) is 22.7 Å². The van der Waals surface area contributed by atoms with E-state index in [4.69, 9.17) is 34.7 Å². The minimum Gasteiger partial charge on any atom is -0.462 e. The summed E-state index contributed by atoms with van der Waals surface area (Å²) in [7, 11) is -4.32. The summed E-state index contributed by atoms with van der Waals surface area (Å²) in [6, 6.07) is 17.0. The van der Waals surface area contributed by atoms with Crippen molar-refractivity contribution in [3.05, 3.63) is 78.6 Å². The summed E-state index contributed by atoms with van der Waals surface area (Å²) in [6.45, 7) is 6.12. The van der Waals surface area contributed by atoms with Gasteiger partial charge in [-0.1, -0.05) is 25.6 Å². The van der Waals surface area contributed by atoms with Gasteiger partial charge in [-0.25, -0.2) is 23.6 Å². The Labute approximate surface area is 360 Å². The number of carbonyl (C=O) groups excluding carboxylic acids is 1. The minimum atomic E-state index is -4.32. The highest BCUT2D eigenvalue weighted by Gasteiger charge is 2.66. The molecule has 0 radical (unpaired) electrons. The Morgan fingerprint density at radius 3 is 1.79 bits per heavy atom. The van der Waals surface area contributed by atoms with E-state index >= 15 is 0 Å². The zero-order chi connectivity index (χ0) is 45.4. The smallest absolute Gasteiger partial charge is 0.459 e. The van der Waals surface area contributed by atoms with Crippen molar-refractivity contribution >= 4 is 36.4 Å². The number of nitriles is 2. The molecule has 5 aromatic rings. The highest BCUT2D eigenvalue weighted by molar-refractivity contribution is 7.52. The van der Waals surface area contributed by atoms with Gasteiger partial charge in [-0.2, -0.15) is 25.8 Å². The summed E-state index contributed by atoms with van der Waals surface area (Å²) in [6.07, 6.45) is -3.63. The topological polar surface area (TPSA) is 353 Å². The Balaban J connectivity index is 0.000000274. The van der Waals surface area contributed by atoms with Crippen molar-refractivity contribution < 1.29 is 58.2 Å². The number of ether oxygens (including phenoxy) is 3. The fourth-order valence-corrected chi connectivity index (χ4v) is 8.70. The summed E-state index contributed by atoms with van der Waals surface area (Å²) < 4.78 is 44.3. The van der Waals surface area contributed by atoms with E-state index in [1.165, 1.54) is 66.7 Å². The maximum atomic E-state index is 13.8. The van der Waals surface area contributed by atoms with Gasteiger partial charge in [0.1, 0.15) is 83.2 Å². The summed E-state index contributed by atoms with van der Waals surface area (Å²) in [5.74, 6) is -0.194. The largest absolute Gasteiger partial charge is 0.462 e. The van der Waals surface area contributed by atoms with Crippen molar-refractivity contribution in [1.82, 2.24) is 34.3 Å². The fourth-order valence-electron chi connectivity index (χ4n) is 7.20. The first kappa shape index (κ1) is 48.2. The molecule has 24 heteroatoms. The average Bonchev–Trinajstić information content (AvgIpc) is 3.96. The SMILES string of the molecule is C.CC(C)OC(=O)[C@H](C)NP(=O)(OC[C@H]1O[C@@](C#N)(c2ccc3c(N)ncnn23)[C@](C)(O)[C@@H]1O)Oc1ccccc1.C[C@@]1(O)[C@H](O)[C@@H](CO)O[C@@]1(C#N)c1ccc2c(N)ncnn12. The van der Waals surface area contributed by atoms with Gasteiger partial charge in [0, 0.05) is 0 Å². The van der Waals surface area contributed by atoms with Gasteiger partial charge >= 0.3 is 13.7 Å². The van der Waals surface area contributed by atoms with Crippen LogP contribution in [0.2, 0.25) is 0 Å². The van der Waals surface area contributed by atoms with E-state index in [1.807, 2.05) is 12.1 Å². The summed E-state index contributed by atoms with van der Waals surface area (Å²) in [4.78, 5) is 20.2. The van der Waals surface area contributed by atoms with Crippen molar-refractivity contribution in [1.29, 1.82) is 10.5 Å². The Kier molecular flexibility index (Phi) is 13.9. The molecule has 10 atom stereocenters. The Morgan fingerprint density at radius 2 is 1.35 bits per heavy atom. The van der Waals surface area contributed by atoms with E-state index in [0.717, 1.165) is 0 Å². The molecule has 0 bridgehead atoms. The fraction of sp³-hybridized carbons (Fsp3) is 0.462. The van der Waals surface area contributed by atoms with Crippen LogP contribution in [0.15, 0.2) is 67.3 Å². The predicted octanol–water partition coefficient (Wildman–Crippen LogP) is 0.844. The normalized spacial score (nSPS) is 29.2. The molecule has 0 saturated carbocycles. The van der Waals surface area contributed by atoms with Crippen LogP contribution in [0.3, 0.4) is 0 Å². The molecule has 10 N–H and O–H groups in total. The number of nitrogens with two attached hydrogens (primary N) is 2. The molecule has 1 aromatic carbocycles. The van der Waals surface area contributed by atoms with Gasteiger partial charge in [0.25, 0.3) is 0 Å². The van der Waals surface area contributed by atoms with E-state index < -0.39 is 85.9 Å². The summed E-state index contributed by atoms with van der Waals surface area (Å²) in [5, 5.41) is 83.2. The maximum absolute atomic E-state index is 13.8. The van der Waals surface area contributed by atoms with Crippen LogP contribution in [-0.4, -0.2) is 122 Å². The first-order valence-electron chi connectivity index (χ1n) is 19.0. The van der Waals surface area contributed by atoms with Crippen molar-refractivity contribution in [3.8, 4) is 17.9 Å². The number of para-hydroxylation sites is 1. The highest BCUT2D eigenvalue weighted by Crippen LogP contribution is 2.51. The van der Waals surface area contributed by atoms with Gasteiger partial charge in [0.05, 0.1) is 30.7 Å². The number of nitrogens with one attached hydrogen (secondary N) is 1. The summed E-state index contributed by atoms with van der Waals surface area (Å²) in [5.41, 5.74) is 4.54. The molecule has 2 fully saturated rings. The number of nitrogens with zero attached hydrogens (tertiary/aromatic N) is 8. The second-order valence-corrected chi connectivity index (χ2v) is 16.8. The van der Waals surface area contributed by atoms with Crippen molar-refractivity contribution in [2.75, 3.05) is 24.7 Å². The van der Waals surface area contributed by atoms with Crippen LogP contribution in [0.4, 0.5) is 11.6 Å². The molecule has 0 aliphatic carbocycles. The van der Waals surface area contributed by atoms with Gasteiger partial charge < -0.3 is 55.7 Å². The zero-order valence-electron chi connectivity index (χ0n) is 34.0. The first-order chi connectivity index (χ1) is 29.2. The summed E-state index contributed by atoms with van der Waals surface area (Å²) >= 11 is 0.